The van der Waals surface area contributed by atoms with Crippen molar-refractivity contribution in [2.45, 2.75) is 12.8 Å². The van der Waals surface area contributed by atoms with E-state index in [0.29, 0.717) is 32.6 Å². The van der Waals surface area contributed by atoms with Crippen molar-refractivity contribution in [3.63, 3.8) is 0 Å². The minimum Gasteiger partial charge on any atom is -0.394 e. The van der Waals surface area contributed by atoms with Crippen LogP contribution >= 0.6 is 0 Å². The van der Waals surface area contributed by atoms with Crippen LogP contribution in [-0.2, 0) is 16.0 Å². The number of hydrogen-bond acceptors (Lipinski definition) is 4. The molecule has 0 aliphatic carbocycles. The molecule has 0 saturated carbocycles. The summed E-state index contributed by atoms with van der Waals surface area (Å²) in [5, 5.41) is 11.2. The second kappa shape index (κ2) is 8.66. The van der Waals surface area contributed by atoms with Gasteiger partial charge in [0.1, 0.15) is 0 Å². The van der Waals surface area contributed by atoms with E-state index in [1.165, 1.54) is 0 Å². The Bertz CT molecular complexity index is 317. The van der Waals surface area contributed by atoms with E-state index in [1.54, 1.807) is 12.4 Å². The molecule has 0 atom stereocenters. The number of aromatic nitrogens is 1. The Morgan fingerprint density at radius 2 is 2.35 bits per heavy atom. The van der Waals surface area contributed by atoms with Gasteiger partial charge in [0.2, 0.25) is 5.91 Å². The van der Waals surface area contributed by atoms with Crippen LogP contribution in [0.3, 0.4) is 0 Å². The SMILES string of the molecule is O=C(CCc1cccnc1)NCCOCCO. The molecule has 0 aliphatic heterocycles. The zero-order chi connectivity index (χ0) is 12.3. The number of aliphatic hydroxyl groups is 1. The Hall–Kier alpha value is -1.46. The van der Waals surface area contributed by atoms with Gasteiger partial charge < -0.3 is 15.2 Å². The fourth-order valence-corrected chi connectivity index (χ4v) is 1.32. The maximum atomic E-state index is 11.4. The Morgan fingerprint density at radius 3 is 3.06 bits per heavy atom. The highest BCUT2D eigenvalue weighted by molar-refractivity contribution is 5.76. The van der Waals surface area contributed by atoms with E-state index in [0.717, 1.165) is 5.56 Å². The minimum atomic E-state index is 0.00134. The first-order valence-corrected chi connectivity index (χ1v) is 5.67. The molecule has 1 amide bonds. The van der Waals surface area contributed by atoms with Gasteiger partial charge in [-0.2, -0.15) is 0 Å². The van der Waals surface area contributed by atoms with E-state index < -0.39 is 0 Å². The Morgan fingerprint density at radius 1 is 1.47 bits per heavy atom. The van der Waals surface area contributed by atoms with Crippen molar-refractivity contribution in [3.05, 3.63) is 30.1 Å². The topological polar surface area (TPSA) is 71.5 Å². The summed E-state index contributed by atoms with van der Waals surface area (Å²) < 4.78 is 5.02. The molecule has 0 bridgehead atoms. The van der Waals surface area contributed by atoms with Gasteiger partial charge in [-0.05, 0) is 18.1 Å². The first kappa shape index (κ1) is 13.6. The molecule has 1 aromatic heterocycles. The summed E-state index contributed by atoms with van der Waals surface area (Å²) >= 11 is 0. The van der Waals surface area contributed by atoms with Crippen LogP contribution in [0.4, 0.5) is 0 Å². The van der Waals surface area contributed by atoms with Crippen LogP contribution in [0, 0.1) is 0 Å². The summed E-state index contributed by atoms with van der Waals surface area (Å²) in [6, 6.07) is 3.81. The maximum absolute atomic E-state index is 11.4. The molecular weight excluding hydrogens is 220 g/mol. The van der Waals surface area contributed by atoms with Crippen molar-refractivity contribution in [1.82, 2.24) is 10.3 Å². The number of carbonyl (C=O) groups is 1. The predicted octanol–water partition coefficient (Wildman–Crippen LogP) is 0.139. The summed E-state index contributed by atoms with van der Waals surface area (Å²) in [4.78, 5) is 15.4. The van der Waals surface area contributed by atoms with Gasteiger partial charge in [0.25, 0.3) is 0 Å². The maximum Gasteiger partial charge on any atom is 0.220 e. The number of pyridine rings is 1. The number of carbonyl (C=O) groups excluding carboxylic acids is 1. The molecule has 5 nitrogen and oxygen atoms in total. The summed E-state index contributed by atoms with van der Waals surface area (Å²) in [6.45, 7) is 1.23. The third-order valence-corrected chi connectivity index (χ3v) is 2.17. The van der Waals surface area contributed by atoms with E-state index in [9.17, 15) is 4.79 Å². The zero-order valence-corrected chi connectivity index (χ0v) is 9.76. The Labute approximate surface area is 101 Å². The van der Waals surface area contributed by atoms with Crippen molar-refractivity contribution >= 4 is 5.91 Å². The third kappa shape index (κ3) is 6.65. The number of hydrogen-bond donors (Lipinski definition) is 2. The number of aryl methyl sites for hydroxylation is 1. The lowest BCUT2D eigenvalue weighted by molar-refractivity contribution is -0.121. The van der Waals surface area contributed by atoms with Crippen molar-refractivity contribution in [2.24, 2.45) is 0 Å². The van der Waals surface area contributed by atoms with E-state index in [-0.39, 0.29) is 12.5 Å². The molecule has 1 heterocycles. The van der Waals surface area contributed by atoms with Gasteiger partial charge in [0.15, 0.2) is 0 Å². The smallest absolute Gasteiger partial charge is 0.220 e. The molecule has 0 aromatic carbocycles. The first-order valence-electron chi connectivity index (χ1n) is 5.67. The number of rotatable bonds is 8. The average molecular weight is 238 g/mol. The molecular formula is C12H18N2O3. The lowest BCUT2D eigenvalue weighted by atomic mass is 10.1. The molecule has 0 unspecified atom stereocenters. The lowest BCUT2D eigenvalue weighted by Crippen LogP contribution is -2.27. The fourth-order valence-electron chi connectivity index (χ4n) is 1.32. The molecule has 17 heavy (non-hydrogen) atoms. The number of ether oxygens (including phenoxy) is 1. The third-order valence-electron chi connectivity index (χ3n) is 2.17. The van der Waals surface area contributed by atoms with Crippen LogP contribution in [-0.4, -0.2) is 42.4 Å². The quantitative estimate of drug-likeness (QED) is 0.632. The van der Waals surface area contributed by atoms with Gasteiger partial charge >= 0.3 is 0 Å². The predicted molar refractivity (Wildman–Crippen MR) is 63.5 cm³/mol. The molecule has 94 valence electrons. The molecule has 0 radical (unpaired) electrons. The monoisotopic (exact) mass is 238 g/mol. The van der Waals surface area contributed by atoms with Crippen LogP contribution in [0.15, 0.2) is 24.5 Å². The molecule has 0 aliphatic rings. The molecule has 5 heteroatoms. The number of nitrogens with zero attached hydrogens (tertiary/aromatic N) is 1. The Balaban J connectivity index is 2.05. The van der Waals surface area contributed by atoms with Crippen molar-refractivity contribution in [3.8, 4) is 0 Å². The summed E-state index contributed by atoms with van der Waals surface area (Å²) in [5.41, 5.74) is 1.05. The van der Waals surface area contributed by atoms with Crippen molar-refractivity contribution < 1.29 is 14.6 Å². The van der Waals surface area contributed by atoms with Gasteiger partial charge in [-0.1, -0.05) is 6.07 Å². The summed E-state index contributed by atoms with van der Waals surface area (Å²) in [7, 11) is 0. The molecule has 1 aromatic rings. The summed E-state index contributed by atoms with van der Waals surface area (Å²) in [5.74, 6) is 0.00134. The molecule has 2 N–H and O–H groups in total. The average Bonchev–Trinajstić information content (AvgIpc) is 2.37. The second-order valence-corrected chi connectivity index (χ2v) is 3.55. The van der Waals surface area contributed by atoms with Gasteiger partial charge in [-0.3, -0.25) is 9.78 Å². The van der Waals surface area contributed by atoms with Crippen LogP contribution < -0.4 is 5.32 Å². The highest BCUT2D eigenvalue weighted by Gasteiger charge is 2.01. The summed E-state index contributed by atoms with van der Waals surface area (Å²) in [6.07, 6.45) is 4.61. The molecule has 0 fully saturated rings. The van der Waals surface area contributed by atoms with Crippen molar-refractivity contribution in [2.75, 3.05) is 26.4 Å². The van der Waals surface area contributed by atoms with Crippen LogP contribution in [0.25, 0.3) is 0 Å². The van der Waals surface area contributed by atoms with Gasteiger partial charge in [-0.15, -0.1) is 0 Å². The largest absolute Gasteiger partial charge is 0.394 e. The van der Waals surface area contributed by atoms with Crippen molar-refractivity contribution in [1.29, 1.82) is 0 Å². The van der Waals surface area contributed by atoms with Crippen LogP contribution in [0.5, 0.6) is 0 Å². The van der Waals surface area contributed by atoms with E-state index in [4.69, 9.17) is 9.84 Å². The van der Waals surface area contributed by atoms with Crippen LogP contribution in [0.1, 0.15) is 12.0 Å². The molecule has 0 saturated heterocycles. The zero-order valence-electron chi connectivity index (χ0n) is 9.76. The number of aliphatic hydroxyl groups excluding tert-OH is 1. The van der Waals surface area contributed by atoms with Gasteiger partial charge in [-0.25, -0.2) is 0 Å². The number of amides is 1. The number of nitrogens with one attached hydrogen (secondary N) is 1. The first-order chi connectivity index (χ1) is 8.33. The van der Waals surface area contributed by atoms with E-state index in [1.807, 2.05) is 12.1 Å². The minimum absolute atomic E-state index is 0.00134. The van der Waals surface area contributed by atoms with Gasteiger partial charge in [0.05, 0.1) is 19.8 Å². The second-order valence-electron chi connectivity index (χ2n) is 3.55. The van der Waals surface area contributed by atoms with Gasteiger partial charge in [0, 0.05) is 25.4 Å². The van der Waals surface area contributed by atoms with E-state index >= 15 is 0 Å². The molecule has 0 spiro atoms. The van der Waals surface area contributed by atoms with Crippen LogP contribution in [0.2, 0.25) is 0 Å². The standard InChI is InChI=1S/C12H18N2O3/c15-7-9-17-8-6-14-12(16)4-3-11-2-1-5-13-10-11/h1-2,5,10,15H,3-4,6-9H2,(H,14,16). The normalized spacial score (nSPS) is 10.2. The fraction of sp³-hybridized carbons (Fsp3) is 0.500. The Kier molecular flexibility index (Phi) is 6.93. The lowest BCUT2D eigenvalue weighted by Gasteiger charge is -2.05. The molecule has 1 rings (SSSR count). The van der Waals surface area contributed by atoms with E-state index in [2.05, 4.69) is 10.3 Å². The highest BCUT2D eigenvalue weighted by Crippen LogP contribution is 1.99. The highest BCUT2D eigenvalue weighted by atomic mass is 16.5.